The number of H-pyrrole nitrogens is 1. The molecule has 1 aliphatic heterocycles. The van der Waals surface area contributed by atoms with Crippen LogP contribution in [0.4, 0.5) is 5.69 Å². The van der Waals surface area contributed by atoms with E-state index in [9.17, 15) is 9.90 Å². The molecule has 0 spiro atoms. The third kappa shape index (κ3) is 1.41. The molecule has 3 aromatic rings. The summed E-state index contributed by atoms with van der Waals surface area (Å²) in [6.45, 7) is 0. The number of rotatable bonds is 0. The Bertz CT molecular complexity index is 1040. The SMILES string of the molecule is O=C1c2c([nH]c3ccccc23)C2=Nc3ccccc3[C@]2(O)[C@H]1Cl. The molecular weight excluding hydrogens is 312 g/mol. The molecule has 0 saturated carbocycles. The van der Waals surface area contributed by atoms with E-state index in [0.717, 1.165) is 10.9 Å². The molecule has 1 aliphatic carbocycles. The summed E-state index contributed by atoms with van der Waals surface area (Å²) in [5.41, 5.74) is 1.96. The number of Topliss-reactive ketones (excluding diaryl/α,β-unsaturated/α-hetero) is 1. The molecule has 0 radical (unpaired) electrons. The van der Waals surface area contributed by atoms with Gasteiger partial charge in [0.15, 0.2) is 11.4 Å². The Labute approximate surface area is 136 Å². The Morgan fingerprint density at radius 1 is 1.13 bits per heavy atom. The number of hydrogen-bond acceptors (Lipinski definition) is 3. The molecular formula is C18H11ClN2O2. The van der Waals surface area contributed by atoms with Gasteiger partial charge in [-0.2, -0.15) is 0 Å². The summed E-state index contributed by atoms with van der Waals surface area (Å²) in [7, 11) is 0. The van der Waals surface area contributed by atoms with Crippen molar-refractivity contribution >= 4 is 39.7 Å². The van der Waals surface area contributed by atoms with Gasteiger partial charge in [-0.1, -0.05) is 36.4 Å². The summed E-state index contributed by atoms with van der Waals surface area (Å²) in [5.74, 6) is -0.280. The number of para-hydroxylation sites is 2. The second-order valence-electron chi connectivity index (χ2n) is 5.89. The monoisotopic (exact) mass is 322 g/mol. The predicted molar refractivity (Wildman–Crippen MR) is 88.8 cm³/mol. The number of hydrogen-bond donors (Lipinski definition) is 2. The van der Waals surface area contributed by atoms with Crippen molar-refractivity contribution in [2.75, 3.05) is 0 Å². The second-order valence-corrected chi connectivity index (χ2v) is 6.33. The van der Waals surface area contributed by atoms with Crippen LogP contribution < -0.4 is 0 Å². The maximum atomic E-state index is 12.9. The second kappa shape index (κ2) is 4.10. The Hall–Kier alpha value is -2.43. The van der Waals surface area contributed by atoms with E-state index in [1.165, 1.54) is 0 Å². The molecule has 4 nitrogen and oxygen atoms in total. The third-order valence-corrected chi connectivity index (χ3v) is 5.21. The number of halogens is 1. The van der Waals surface area contributed by atoms with Gasteiger partial charge in [0.1, 0.15) is 11.1 Å². The molecule has 5 heteroatoms. The van der Waals surface area contributed by atoms with Crippen LogP contribution in [0.25, 0.3) is 10.9 Å². The number of aliphatic hydroxyl groups is 1. The highest BCUT2D eigenvalue weighted by atomic mass is 35.5. The topological polar surface area (TPSA) is 65.5 Å². The Kier molecular flexibility index (Phi) is 2.33. The van der Waals surface area contributed by atoms with Crippen LogP contribution in [0.1, 0.15) is 21.6 Å². The standard InChI is InChI=1S/C18H11ClN2O2/c19-16-15(22)13-9-5-1-3-7-11(9)20-14(13)17-18(16,23)10-6-2-4-8-12(10)21-17/h1-8,16,20,23H/t16-,18-/m0/s1. The maximum absolute atomic E-state index is 12.9. The number of nitrogens with zero attached hydrogens (tertiary/aromatic N) is 1. The van der Waals surface area contributed by atoms with Crippen molar-refractivity contribution in [1.82, 2.24) is 4.98 Å². The van der Waals surface area contributed by atoms with Crippen LogP contribution in [-0.4, -0.2) is 27.0 Å². The molecule has 2 N–H and O–H groups in total. The van der Waals surface area contributed by atoms with E-state index in [1.54, 1.807) is 6.07 Å². The third-order valence-electron chi connectivity index (χ3n) is 4.69. The zero-order chi connectivity index (χ0) is 15.8. The van der Waals surface area contributed by atoms with Crippen molar-refractivity contribution in [3.8, 4) is 0 Å². The van der Waals surface area contributed by atoms with Gasteiger partial charge in [-0.05, 0) is 12.1 Å². The van der Waals surface area contributed by atoms with E-state index in [0.29, 0.717) is 28.2 Å². The van der Waals surface area contributed by atoms with Crippen molar-refractivity contribution < 1.29 is 9.90 Å². The summed E-state index contributed by atoms with van der Waals surface area (Å²) >= 11 is 6.43. The molecule has 2 aliphatic rings. The van der Waals surface area contributed by atoms with Gasteiger partial charge in [0.05, 0.1) is 16.9 Å². The van der Waals surface area contributed by atoms with Crippen molar-refractivity contribution in [2.24, 2.45) is 4.99 Å². The minimum Gasteiger partial charge on any atom is -0.377 e. The summed E-state index contributed by atoms with van der Waals surface area (Å²) in [4.78, 5) is 20.7. The summed E-state index contributed by atoms with van der Waals surface area (Å²) in [6.07, 6.45) is 0. The first-order valence-corrected chi connectivity index (χ1v) is 7.76. The minimum absolute atomic E-state index is 0.280. The van der Waals surface area contributed by atoms with Gasteiger partial charge in [-0.3, -0.25) is 4.79 Å². The highest BCUT2D eigenvalue weighted by Gasteiger charge is 2.56. The fourth-order valence-corrected chi connectivity index (χ4v) is 3.95. The highest BCUT2D eigenvalue weighted by Crippen LogP contribution is 2.49. The Morgan fingerprint density at radius 2 is 1.87 bits per heavy atom. The molecule has 0 amide bonds. The molecule has 0 bridgehead atoms. The fraction of sp³-hybridized carbons (Fsp3) is 0.111. The molecule has 2 heterocycles. The summed E-state index contributed by atoms with van der Waals surface area (Å²) in [6, 6.07) is 14.8. The number of alkyl halides is 1. The molecule has 112 valence electrons. The van der Waals surface area contributed by atoms with Crippen LogP contribution in [0.15, 0.2) is 53.5 Å². The molecule has 0 fully saturated rings. The lowest BCUT2D eigenvalue weighted by atomic mass is 9.77. The molecule has 5 rings (SSSR count). The number of carbonyl (C=O) groups is 1. The average molecular weight is 323 g/mol. The molecule has 23 heavy (non-hydrogen) atoms. The number of aromatic amines is 1. The number of nitrogens with one attached hydrogen (secondary N) is 1. The fourth-order valence-electron chi connectivity index (χ4n) is 3.62. The largest absolute Gasteiger partial charge is 0.377 e. The van der Waals surface area contributed by atoms with E-state index < -0.39 is 11.0 Å². The lowest BCUT2D eigenvalue weighted by Crippen LogP contribution is -2.50. The summed E-state index contributed by atoms with van der Waals surface area (Å²) < 4.78 is 0. The molecule has 2 aromatic carbocycles. The van der Waals surface area contributed by atoms with Crippen LogP contribution in [0.2, 0.25) is 0 Å². The van der Waals surface area contributed by atoms with Gasteiger partial charge in [-0.15, -0.1) is 11.6 Å². The zero-order valence-corrected chi connectivity index (χ0v) is 12.6. The van der Waals surface area contributed by atoms with Crippen LogP contribution in [-0.2, 0) is 5.60 Å². The van der Waals surface area contributed by atoms with Crippen LogP contribution >= 0.6 is 11.6 Å². The van der Waals surface area contributed by atoms with Crippen molar-refractivity contribution in [2.45, 2.75) is 11.0 Å². The van der Waals surface area contributed by atoms with Gasteiger partial charge >= 0.3 is 0 Å². The zero-order valence-electron chi connectivity index (χ0n) is 11.9. The van der Waals surface area contributed by atoms with E-state index in [-0.39, 0.29) is 5.78 Å². The number of carbonyl (C=O) groups excluding carboxylic acids is 1. The van der Waals surface area contributed by atoms with Gasteiger partial charge in [0, 0.05) is 16.5 Å². The van der Waals surface area contributed by atoms with E-state index in [4.69, 9.17) is 11.6 Å². The molecule has 1 aromatic heterocycles. The lowest BCUT2D eigenvalue weighted by Gasteiger charge is -2.33. The summed E-state index contributed by atoms with van der Waals surface area (Å²) in [5, 5.41) is 11.0. The average Bonchev–Trinajstić information content (AvgIpc) is 3.10. The lowest BCUT2D eigenvalue weighted by molar-refractivity contribution is 0.0746. The van der Waals surface area contributed by atoms with Crippen LogP contribution in [0.5, 0.6) is 0 Å². The van der Waals surface area contributed by atoms with Gasteiger partial charge in [0.25, 0.3) is 0 Å². The first-order valence-electron chi connectivity index (χ1n) is 7.33. The Balaban J connectivity index is 1.91. The first kappa shape index (κ1) is 13.0. The van der Waals surface area contributed by atoms with Crippen LogP contribution in [0, 0.1) is 0 Å². The number of benzene rings is 2. The highest BCUT2D eigenvalue weighted by molar-refractivity contribution is 6.43. The number of fused-ring (bicyclic) bond motifs is 7. The molecule has 0 unspecified atom stereocenters. The molecule has 2 atom stereocenters. The van der Waals surface area contributed by atoms with Gasteiger partial charge < -0.3 is 10.1 Å². The van der Waals surface area contributed by atoms with Crippen LogP contribution in [0.3, 0.4) is 0 Å². The maximum Gasteiger partial charge on any atom is 0.187 e. The van der Waals surface area contributed by atoms with E-state index in [1.807, 2.05) is 42.5 Å². The van der Waals surface area contributed by atoms with E-state index >= 15 is 0 Å². The van der Waals surface area contributed by atoms with Gasteiger partial charge in [-0.25, -0.2) is 4.99 Å². The van der Waals surface area contributed by atoms with Crippen molar-refractivity contribution in [1.29, 1.82) is 0 Å². The normalized spacial score (nSPS) is 25.0. The minimum atomic E-state index is -1.59. The number of aliphatic imine (C=N–C) groups is 1. The smallest absolute Gasteiger partial charge is 0.187 e. The number of ketones is 1. The van der Waals surface area contributed by atoms with Crippen molar-refractivity contribution in [3.63, 3.8) is 0 Å². The van der Waals surface area contributed by atoms with Gasteiger partial charge in [0.2, 0.25) is 0 Å². The molecule has 0 saturated heterocycles. The van der Waals surface area contributed by atoms with E-state index in [2.05, 4.69) is 9.98 Å². The first-order chi connectivity index (χ1) is 11.1. The van der Waals surface area contributed by atoms with Crippen molar-refractivity contribution in [3.05, 3.63) is 65.4 Å². The predicted octanol–water partition coefficient (Wildman–Crippen LogP) is 3.29. The Morgan fingerprint density at radius 3 is 2.74 bits per heavy atom. The number of aromatic nitrogens is 1. The quantitative estimate of drug-likeness (QED) is 0.624.